The van der Waals surface area contributed by atoms with Gasteiger partial charge in [-0.15, -0.1) is 0 Å². The predicted molar refractivity (Wildman–Crippen MR) is 97.5 cm³/mol. The minimum absolute atomic E-state index is 1.01. The van der Waals surface area contributed by atoms with E-state index in [1.807, 2.05) is 0 Å². The van der Waals surface area contributed by atoms with Crippen molar-refractivity contribution in [3.63, 3.8) is 0 Å². The number of hydrogen-bond acceptors (Lipinski definition) is 2. The van der Waals surface area contributed by atoms with Crippen molar-refractivity contribution in [2.75, 3.05) is 5.75 Å². The van der Waals surface area contributed by atoms with Crippen LogP contribution in [0.1, 0.15) is 96.8 Å². The molecule has 0 heterocycles. The van der Waals surface area contributed by atoms with Gasteiger partial charge in [0.2, 0.25) is 0 Å². The van der Waals surface area contributed by atoms with E-state index >= 15 is 0 Å². The van der Waals surface area contributed by atoms with Gasteiger partial charge in [0.05, 0.1) is 0 Å². The molecule has 0 rings (SSSR count). The summed E-state index contributed by atoms with van der Waals surface area (Å²) in [6.45, 7) is 2.27. The lowest BCUT2D eigenvalue weighted by Crippen LogP contribution is -1.82. The van der Waals surface area contributed by atoms with Crippen molar-refractivity contribution in [1.29, 1.82) is 5.26 Å². The maximum atomic E-state index is 8.40. The van der Waals surface area contributed by atoms with Gasteiger partial charge in [0.1, 0.15) is 5.40 Å². The van der Waals surface area contributed by atoms with E-state index in [1.165, 1.54) is 102 Å². The van der Waals surface area contributed by atoms with Crippen LogP contribution in [0.5, 0.6) is 0 Å². The van der Waals surface area contributed by atoms with Gasteiger partial charge in [0.15, 0.2) is 0 Å². The SMILES string of the molecule is CCCCCCCC/C=C/CCCCCCCCSC#N. The minimum atomic E-state index is 1.01. The molecule has 0 aromatic carbocycles. The van der Waals surface area contributed by atoms with E-state index in [4.69, 9.17) is 5.26 Å². The first-order valence-corrected chi connectivity index (χ1v) is 10.1. The minimum Gasteiger partial charge on any atom is -0.185 e. The Balaban J connectivity index is 3.04. The first-order valence-electron chi connectivity index (χ1n) is 9.07. The lowest BCUT2D eigenvalue weighted by Gasteiger charge is -1.99. The smallest absolute Gasteiger partial charge is 0.133 e. The monoisotopic (exact) mass is 309 g/mol. The highest BCUT2D eigenvalue weighted by atomic mass is 32.2. The number of nitriles is 1. The van der Waals surface area contributed by atoms with Gasteiger partial charge >= 0.3 is 0 Å². The number of unbranched alkanes of at least 4 members (excludes halogenated alkanes) is 12. The summed E-state index contributed by atoms with van der Waals surface area (Å²) in [7, 11) is 0. The summed E-state index contributed by atoms with van der Waals surface area (Å²) >= 11 is 1.39. The van der Waals surface area contributed by atoms with Gasteiger partial charge in [-0.2, -0.15) is 5.26 Å². The molecule has 2 heteroatoms. The Labute approximate surface area is 137 Å². The molecule has 0 saturated carbocycles. The largest absolute Gasteiger partial charge is 0.185 e. The molecular weight excluding hydrogens is 274 g/mol. The van der Waals surface area contributed by atoms with E-state index in [9.17, 15) is 0 Å². The summed E-state index contributed by atoms with van der Waals surface area (Å²) in [5.41, 5.74) is 0. The molecule has 0 aliphatic rings. The molecule has 0 atom stereocenters. The number of allylic oxidation sites excluding steroid dienone is 2. The summed E-state index contributed by atoms with van der Waals surface area (Å²) < 4.78 is 0. The van der Waals surface area contributed by atoms with Crippen LogP contribution in [-0.2, 0) is 0 Å². The Bertz CT molecular complexity index is 255. The molecular formula is C19H35NS. The quantitative estimate of drug-likeness (QED) is 0.170. The molecule has 122 valence electrons. The zero-order valence-electron chi connectivity index (χ0n) is 14.1. The summed E-state index contributed by atoms with van der Waals surface area (Å²) in [4.78, 5) is 0. The summed E-state index contributed by atoms with van der Waals surface area (Å²) in [6.07, 6.45) is 23.6. The van der Waals surface area contributed by atoms with Gasteiger partial charge in [-0.05, 0) is 43.9 Å². The standard InChI is InChI=1S/C19H35NS/c1-2-3-4-5-6-7-8-9-10-11-12-13-14-15-16-17-18-21-19-20/h9-10H,2-8,11-18H2,1H3/b10-9+. The molecule has 0 saturated heterocycles. The normalized spacial score (nSPS) is 11.0. The molecule has 21 heavy (non-hydrogen) atoms. The van der Waals surface area contributed by atoms with E-state index in [0.29, 0.717) is 0 Å². The zero-order valence-corrected chi connectivity index (χ0v) is 14.9. The Kier molecular flexibility index (Phi) is 19.2. The number of thioether (sulfide) groups is 1. The average molecular weight is 310 g/mol. The highest BCUT2D eigenvalue weighted by Crippen LogP contribution is 2.11. The Morgan fingerprint density at radius 2 is 1.19 bits per heavy atom. The van der Waals surface area contributed by atoms with E-state index in [2.05, 4.69) is 24.5 Å². The molecule has 0 N–H and O–H groups in total. The van der Waals surface area contributed by atoms with E-state index in [1.54, 1.807) is 0 Å². The zero-order chi connectivity index (χ0) is 15.4. The summed E-state index contributed by atoms with van der Waals surface area (Å²) in [5.74, 6) is 1.01. The van der Waals surface area contributed by atoms with Crippen molar-refractivity contribution >= 4 is 11.8 Å². The molecule has 1 nitrogen and oxygen atoms in total. The number of thiocyanates is 1. The van der Waals surface area contributed by atoms with Crippen molar-refractivity contribution in [2.45, 2.75) is 96.8 Å². The van der Waals surface area contributed by atoms with E-state index in [0.717, 1.165) is 5.75 Å². The van der Waals surface area contributed by atoms with Gasteiger partial charge < -0.3 is 0 Å². The van der Waals surface area contributed by atoms with Crippen molar-refractivity contribution in [3.8, 4) is 5.40 Å². The van der Waals surface area contributed by atoms with Crippen LogP contribution < -0.4 is 0 Å². The molecule has 0 radical (unpaired) electrons. The van der Waals surface area contributed by atoms with Crippen LogP contribution in [-0.4, -0.2) is 5.75 Å². The van der Waals surface area contributed by atoms with Crippen LogP contribution >= 0.6 is 11.8 Å². The molecule has 0 aromatic rings. The number of nitrogens with zero attached hydrogens (tertiary/aromatic N) is 1. The summed E-state index contributed by atoms with van der Waals surface area (Å²) in [5, 5.41) is 10.5. The second-order valence-electron chi connectivity index (χ2n) is 5.88. The fourth-order valence-electron chi connectivity index (χ4n) is 2.47. The Morgan fingerprint density at radius 3 is 1.71 bits per heavy atom. The predicted octanol–water partition coefficient (Wildman–Crippen LogP) is 7.24. The van der Waals surface area contributed by atoms with Crippen LogP contribution in [0, 0.1) is 10.7 Å². The van der Waals surface area contributed by atoms with Gasteiger partial charge in [-0.1, -0.05) is 76.9 Å². The van der Waals surface area contributed by atoms with E-state index in [-0.39, 0.29) is 0 Å². The molecule has 0 aliphatic heterocycles. The molecule has 0 aliphatic carbocycles. The van der Waals surface area contributed by atoms with E-state index < -0.39 is 0 Å². The number of rotatable bonds is 16. The topological polar surface area (TPSA) is 23.8 Å². The van der Waals surface area contributed by atoms with Crippen LogP contribution in [0.4, 0.5) is 0 Å². The molecule has 0 unspecified atom stereocenters. The van der Waals surface area contributed by atoms with Gasteiger partial charge in [-0.3, -0.25) is 0 Å². The number of hydrogen-bond donors (Lipinski definition) is 0. The molecule has 0 fully saturated rings. The van der Waals surface area contributed by atoms with Gasteiger partial charge in [-0.25, -0.2) is 0 Å². The second-order valence-corrected chi connectivity index (χ2v) is 6.76. The average Bonchev–Trinajstić information content (AvgIpc) is 2.50. The summed E-state index contributed by atoms with van der Waals surface area (Å²) in [6, 6.07) is 0. The Morgan fingerprint density at radius 1 is 0.714 bits per heavy atom. The molecule has 0 aromatic heterocycles. The third-order valence-electron chi connectivity index (χ3n) is 3.82. The fraction of sp³-hybridized carbons (Fsp3) is 0.842. The molecule has 0 spiro atoms. The van der Waals surface area contributed by atoms with Crippen molar-refractivity contribution in [3.05, 3.63) is 12.2 Å². The highest BCUT2D eigenvalue weighted by Gasteiger charge is 1.91. The van der Waals surface area contributed by atoms with Crippen LogP contribution in [0.2, 0.25) is 0 Å². The van der Waals surface area contributed by atoms with Crippen molar-refractivity contribution in [2.24, 2.45) is 0 Å². The third kappa shape index (κ3) is 19.6. The Hall–Kier alpha value is -0.420. The van der Waals surface area contributed by atoms with Crippen LogP contribution in [0.25, 0.3) is 0 Å². The lowest BCUT2D eigenvalue weighted by atomic mass is 10.1. The second kappa shape index (κ2) is 19.6. The molecule has 0 amide bonds. The lowest BCUT2D eigenvalue weighted by molar-refractivity contribution is 0.607. The van der Waals surface area contributed by atoms with Crippen LogP contribution in [0.15, 0.2) is 12.2 Å². The first-order chi connectivity index (χ1) is 10.4. The maximum absolute atomic E-state index is 8.40. The third-order valence-corrected chi connectivity index (χ3v) is 4.44. The van der Waals surface area contributed by atoms with Gasteiger partial charge in [0.25, 0.3) is 0 Å². The molecule has 0 bridgehead atoms. The first kappa shape index (κ1) is 20.6. The fourth-order valence-corrected chi connectivity index (χ4v) is 2.91. The highest BCUT2D eigenvalue weighted by molar-refractivity contribution is 8.03. The van der Waals surface area contributed by atoms with Crippen molar-refractivity contribution in [1.82, 2.24) is 0 Å². The van der Waals surface area contributed by atoms with Crippen molar-refractivity contribution < 1.29 is 0 Å². The van der Waals surface area contributed by atoms with Gasteiger partial charge in [0, 0.05) is 5.75 Å². The maximum Gasteiger partial charge on any atom is 0.133 e. The van der Waals surface area contributed by atoms with Crippen LogP contribution in [0.3, 0.4) is 0 Å².